The maximum absolute atomic E-state index is 5.16. The van der Waals surface area contributed by atoms with Gasteiger partial charge >= 0.3 is 20.4 Å². The molecule has 5 aromatic carbocycles. The van der Waals surface area contributed by atoms with E-state index in [9.17, 15) is 0 Å². The minimum atomic E-state index is -0.687. The van der Waals surface area contributed by atoms with E-state index in [-0.39, 0.29) is 31.3 Å². The van der Waals surface area contributed by atoms with Crippen LogP contribution in [0.2, 0.25) is 0 Å². The van der Waals surface area contributed by atoms with Crippen molar-refractivity contribution in [3.8, 4) is 28.1 Å². The SMILES string of the molecule is CC(C)(C)c1ccc2c(c1)-c1cc(C(C)(C)C)ccc1C2(c1[c-]c2c(cc1)c1ccccc1n2-c1[c-]c(-c2ccccn2)ccc1)c1ccccn1.[Pd+2]. The second-order valence-electron chi connectivity index (χ2n) is 16.1. The third-order valence-corrected chi connectivity index (χ3v) is 10.9. The first kappa shape index (κ1) is 34.9. The molecule has 0 atom stereocenters. The second-order valence-corrected chi connectivity index (χ2v) is 16.1. The molecule has 4 heteroatoms. The van der Waals surface area contributed by atoms with Gasteiger partial charge in [-0.05, 0) is 85.2 Å². The van der Waals surface area contributed by atoms with Crippen molar-refractivity contribution in [1.82, 2.24) is 14.5 Å². The molecular formula is C49H41N3Pd. The minimum Gasteiger partial charge on any atom is -0.352 e. The number of hydrogen-bond donors (Lipinski definition) is 0. The van der Waals surface area contributed by atoms with Crippen molar-refractivity contribution in [3.63, 3.8) is 0 Å². The molecule has 0 bridgehead atoms. The molecule has 3 aromatic heterocycles. The van der Waals surface area contributed by atoms with Gasteiger partial charge in [-0.2, -0.15) is 18.2 Å². The van der Waals surface area contributed by atoms with E-state index in [1.54, 1.807) is 0 Å². The smallest absolute Gasteiger partial charge is 0.352 e. The van der Waals surface area contributed by atoms with Crippen LogP contribution in [-0.4, -0.2) is 14.5 Å². The maximum atomic E-state index is 5.16. The van der Waals surface area contributed by atoms with Crippen LogP contribution >= 0.6 is 0 Å². The molecule has 0 fully saturated rings. The molecule has 1 aliphatic rings. The molecule has 1 aliphatic carbocycles. The van der Waals surface area contributed by atoms with Crippen molar-refractivity contribution in [2.45, 2.75) is 57.8 Å². The van der Waals surface area contributed by atoms with Crippen molar-refractivity contribution in [2.24, 2.45) is 0 Å². The summed E-state index contributed by atoms with van der Waals surface area (Å²) in [6.07, 6.45) is 3.76. The van der Waals surface area contributed by atoms with E-state index in [0.29, 0.717) is 0 Å². The molecule has 3 heterocycles. The Hall–Kier alpha value is -5.14. The number of hydrogen-bond acceptors (Lipinski definition) is 2. The zero-order valence-corrected chi connectivity index (χ0v) is 32.5. The monoisotopic (exact) mass is 777 g/mol. The molecule has 0 saturated heterocycles. The molecule has 0 N–H and O–H groups in total. The van der Waals surface area contributed by atoms with Crippen molar-refractivity contribution >= 4 is 21.8 Å². The van der Waals surface area contributed by atoms with Crippen LogP contribution in [0.25, 0.3) is 49.9 Å². The van der Waals surface area contributed by atoms with Crippen LogP contribution in [-0.2, 0) is 36.7 Å². The summed E-state index contributed by atoms with van der Waals surface area (Å²) in [5.74, 6) is 0. The predicted molar refractivity (Wildman–Crippen MR) is 214 cm³/mol. The van der Waals surface area contributed by atoms with Crippen LogP contribution in [0.1, 0.15) is 75.1 Å². The minimum absolute atomic E-state index is 0. The van der Waals surface area contributed by atoms with Crippen LogP contribution < -0.4 is 0 Å². The Balaban J connectivity index is 0.00000400. The zero-order valence-electron chi connectivity index (χ0n) is 30.9. The Morgan fingerprint density at radius 2 is 1.21 bits per heavy atom. The molecule has 0 amide bonds. The Kier molecular flexibility index (Phi) is 8.41. The summed E-state index contributed by atoms with van der Waals surface area (Å²) in [6.45, 7) is 13.8. The molecule has 0 spiro atoms. The molecule has 53 heavy (non-hydrogen) atoms. The Morgan fingerprint density at radius 3 is 1.83 bits per heavy atom. The zero-order chi connectivity index (χ0) is 35.8. The van der Waals surface area contributed by atoms with Crippen molar-refractivity contribution in [3.05, 3.63) is 185 Å². The van der Waals surface area contributed by atoms with Gasteiger partial charge in [0.2, 0.25) is 0 Å². The summed E-state index contributed by atoms with van der Waals surface area (Å²) in [5, 5.41) is 2.33. The van der Waals surface area contributed by atoms with Gasteiger partial charge in [0, 0.05) is 17.9 Å². The van der Waals surface area contributed by atoms with Gasteiger partial charge in [-0.3, -0.25) is 4.98 Å². The van der Waals surface area contributed by atoms with Crippen LogP contribution in [0, 0.1) is 12.1 Å². The summed E-state index contributed by atoms with van der Waals surface area (Å²) in [5.41, 5.74) is 13.9. The number of benzene rings is 5. The van der Waals surface area contributed by atoms with Gasteiger partial charge in [0.1, 0.15) is 0 Å². The first-order chi connectivity index (χ1) is 25.0. The van der Waals surface area contributed by atoms with E-state index in [2.05, 4.69) is 166 Å². The first-order valence-electron chi connectivity index (χ1n) is 18.2. The van der Waals surface area contributed by atoms with Gasteiger partial charge in [-0.25, -0.2) is 0 Å². The molecule has 8 aromatic rings. The summed E-state index contributed by atoms with van der Waals surface area (Å²) in [6, 6.07) is 53.8. The maximum Gasteiger partial charge on any atom is 2.00 e. The van der Waals surface area contributed by atoms with E-state index in [1.807, 2.05) is 36.7 Å². The molecule has 0 unspecified atom stereocenters. The molecule has 3 nitrogen and oxygen atoms in total. The van der Waals surface area contributed by atoms with Crippen molar-refractivity contribution in [2.75, 3.05) is 0 Å². The van der Waals surface area contributed by atoms with Gasteiger partial charge in [-0.15, -0.1) is 40.8 Å². The van der Waals surface area contributed by atoms with Crippen LogP contribution in [0.15, 0.2) is 140 Å². The molecular weight excluding hydrogens is 737 g/mol. The van der Waals surface area contributed by atoms with E-state index in [4.69, 9.17) is 4.98 Å². The largest absolute Gasteiger partial charge is 2.00 e. The van der Waals surface area contributed by atoms with Crippen LogP contribution in [0.3, 0.4) is 0 Å². The fourth-order valence-electron chi connectivity index (χ4n) is 8.18. The number of nitrogens with zero attached hydrogens (tertiary/aromatic N) is 3. The summed E-state index contributed by atoms with van der Waals surface area (Å²) in [4.78, 5) is 9.79. The topological polar surface area (TPSA) is 30.7 Å². The van der Waals surface area contributed by atoms with E-state index in [0.717, 1.165) is 44.6 Å². The van der Waals surface area contributed by atoms with Crippen LogP contribution in [0.5, 0.6) is 0 Å². The fraction of sp³-hybridized carbons (Fsp3) is 0.184. The molecule has 9 rings (SSSR count). The van der Waals surface area contributed by atoms with E-state index < -0.39 is 5.41 Å². The number of aromatic nitrogens is 3. The molecule has 0 saturated carbocycles. The number of para-hydroxylation sites is 1. The van der Waals surface area contributed by atoms with E-state index >= 15 is 0 Å². The summed E-state index contributed by atoms with van der Waals surface area (Å²) < 4.78 is 2.31. The predicted octanol–water partition coefficient (Wildman–Crippen LogP) is 11.8. The number of rotatable bonds is 4. The van der Waals surface area contributed by atoms with Crippen molar-refractivity contribution in [1.29, 1.82) is 0 Å². The third-order valence-electron chi connectivity index (χ3n) is 10.9. The normalized spacial score (nSPS) is 13.5. The van der Waals surface area contributed by atoms with Gasteiger partial charge in [0.15, 0.2) is 0 Å². The van der Waals surface area contributed by atoms with Gasteiger partial charge in [-0.1, -0.05) is 120 Å². The standard InChI is InChI=1S/C49H41N3.Pd/c1-47(2,3)33-21-24-41-39(29-33)40-30-34(48(4,5)6)22-25-42(40)49(41,46-19-10-12-27-51-46)35-20-23-38-37-16-7-8-18-44(37)52(45(38)31-35)36-15-13-14-32(28-36)43-17-9-11-26-50-43;/h7-27,29-30H,1-6H3;/q-2;+2. The van der Waals surface area contributed by atoms with Gasteiger partial charge in [0.05, 0.1) is 11.1 Å². The van der Waals surface area contributed by atoms with Gasteiger partial charge < -0.3 is 9.55 Å². The average Bonchev–Trinajstić information content (AvgIpc) is 3.65. The Labute approximate surface area is 326 Å². The number of fused-ring (bicyclic) bond motifs is 6. The average molecular weight is 778 g/mol. The Bertz CT molecular complexity index is 2580. The van der Waals surface area contributed by atoms with Gasteiger partial charge in [0.25, 0.3) is 0 Å². The summed E-state index contributed by atoms with van der Waals surface area (Å²) >= 11 is 0. The van der Waals surface area contributed by atoms with Crippen LogP contribution in [0.4, 0.5) is 0 Å². The molecule has 0 aliphatic heterocycles. The second kappa shape index (κ2) is 12.8. The third kappa shape index (κ3) is 5.51. The fourth-order valence-corrected chi connectivity index (χ4v) is 8.18. The van der Waals surface area contributed by atoms with E-state index in [1.165, 1.54) is 38.8 Å². The molecule has 262 valence electrons. The Morgan fingerprint density at radius 1 is 0.566 bits per heavy atom. The molecule has 0 radical (unpaired) electrons. The quantitative estimate of drug-likeness (QED) is 0.132. The number of pyridine rings is 2. The first-order valence-corrected chi connectivity index (χ1v) is 18.2. The summed E-state index contributed by atoms with van der Waals surface area (Å²) in [7, 11) is 0. The van der Waals surface area contributed by atoms with Crippen molar-refractivity contribution < 1.29 is 20.4 Å².